The highest BCUT2D eigenvalue weighted by atomic mass is 79.9. The van der Waals surface area contributed by atoms with E-state index in [2.05, 4.69) is 15.9 Å². The molecule has 0 radical (unpaired) electrons. The standard InChI is InChI=1S/C18H20BrNO5S2/c1-4-5-6-25-15(21)10-20-17(22)14(27-18(20)26)9-11-7-12(19)16(24-3)13(8-11)23-2/h7-9H,4-6,10H2,1-3H3/b14-9-. The molecule has 0 N–H and O–H groups in total. The summed E-state index contributed by atoms with van der Waals surface area (Å²) < 4.78 is 16.7. The normalized spacial score (nSPS) is 15.4. The van der Waals surface area contributed by atoms with Gasteiger partial charge in [0.2, 0.25) is 0 Å². The van der Waals surface area contributed by atoms with Crippen molar-refractivity contribution in [1.29, 1.82) is 0 Å². The minimum absolute atomic E-state index is 0.179. The Morgan fingerprint density at radius 1 is 1.33 bits per heavy atom. The predicted molar refractivity (Wildman–Crippen MR) is 113 cm³/mol. The van der Waals surface area contributed by atoms with Crippen molar-refractivity contribution in [2.75, 3.05) is 27.4 Å². The van der Waals surface area contributed by atoms with E-state index < -0.39 is 5.97 Å². The lowest BCUT2D eigenvalue weighted by Gasteiger charge is -2.13. The molecule has 0 bridgehead atoms. The van der Waals surface area contributed by atoms with E-state index in [1.54, 1.807) is 19.3 Å². The average molecular weight is 474 g/mol. The summed E-state index contributed by atoms with van der Waals surface area (Å²) in [5, 5.41) is 0. The molecule has 27 heavy (non-hydrogen) atoms. The van der Waals surface area contributed by atoms with Crippen LogP contribution in [-0.4, -0.2) is 48.5 Å². The van der Waals surface area contributed by atoms with Gasteiger partial charge in [0.1, 0.15) is 10.9 Å². The summed E-state index contributed by atoms with van der Waals surface area (Å²) >= 11 is 9.82. The number of esters is 1. The van der Waals surface area contributed by atoms with Gasteiger partial charge in [0, 0.05) is 0 Å². The Morgan fingerprint density at radius 3 is 2.70 bits per heavy atom. The lowest BCUT2D eigenvalue weighted by atomic mass is 10.2. The number of carbonyl (C=O) groups is 2. The topological polar surface area (TPSA) is 65.1 Å². The fourth-order valence-electron chi connectivity index (χ4n) is 2.31. The Balaban J connectivity index is 2.16. The molecule has 0 unspecified atom stereocenters. The Hall–Kier alpha value is -1.58. The number of hydrogen-bond donors (Lipinski definition) is 0. The molecule has 2 rings (SSSR count). The van der Waals surface area contributed by atoms with Crippen LogP contribution in [0, 0.1) is 0 Å². The molecule has 146 valence electrons. The van der Waals surface area contributed by atoms with E-state index in [-0.39, 0.29) is 12.5 Å². The third kappa shape index (κ3) is 5.46. The molecule has 1 fully saturated rings. The number of carbonyl (C=O) groups excluding carboxylic acids is 2. The zero-order chi connectivity index (χ0) is 20.0. The molecule has 1 amide bonds. The van der Waals surface area contributed by atoms with Crippen molar-refractivity contribution in [2.24, 2.45) is 0 Å². The maximum absolute atomic E-state index is 12.6. The van der Waals surface area contributed by atoms with E-state index in [1.165, 1.54) is 12.0 Å². The third-order valence-corrected chi connectivity index (χ3v) is 5.64. The van der Waals surface area contributed by atoms with Crippen molar-refractivity contribution in [2.45, 2.75) is 19.8 Å². The second kappa shape index (κ2) is 10.1. The summed E-state index contributed by atoms with van der Waals surface area (Å²) in [7, 11) is 3.09. The highest BCUT2D eigenvalue weighted by Gasteiger charge is 2.33. The fraction of sp³-hybridized carbons (Fsp3) is 0.389. The smallest absolute Gasteiger partial charge is 0.326 e. The van der Waals surface area contributed by atoms with E-state index in [0.29, 0.717) is 31.8 Å². The number of thiocarbonyl (C=S) groups is 1. The molecule has 0 spiro atoms. The van der Waals surface area contributed by atoms with Crippen LogP contribution in [0.3, 0.4) is 0 Å². The zero-order valence-electron chi connectivity index (χ0n) is 15.2. The van der Waals surface area contributed by atoms with Gasteiger partial charge in [-0.1, -0.05) is 37.3 Å². The van der Waals surface area contributed by atoms with Gasteiger partial charge in [-0.25, -0.2) is 0 Å². The van der Waals surface area contributed by atoms with E-state index >= 15 is 0 Å². The average Bonchev–Trinajstić information content (AvgIpc) is 2.88. The van der Waals surface area contributed by atoms with Gasteiger partial charge in [-0.3, -0.25) is 14.5 Å². The number of nitrogens with zero attached hydrogens (tertiary/aromatic N) is 1. The third-order valence-electron chi connectivity index (χ3n) is 3.68. The molecule has 0 aliphatic carbocycles. The zero-order valence-corrected chi connectivity index (χ0v) is 18.5. The van der Waals surface area contributed by atoms with Gasteiger partial charge in [0.05, 0.1) is 30.2 Å². The Bertz CT molecular complexity index is 781. The van der Waals surface area contributed by atoms with Gasteiger partial charge < -0.3 is 14.2 Å². The number of rotatable bonds is 8. The largest absolute Gasteiger partial charge is 0.493 e. The fourth-order valence-corrected chi connectivity index (χ4v) is 4.19. The predicted octanol–water partition coefficient (Wildman–Crippen LogP) is 4.01. The summed E-state index contributed by atoms with van der Waals surface area (Å²) in [6.45, 7) is 2.17. The summed E-state index contributed by atoms with van der Waals surface area (Å²) in [5.74, 6) is 0.323. The summed E-state index contributed by atoms with van der Waals surface area (Å²) in [4.78, 5) is 26.2. The number of amides is 1. The quantitative estimate of drug-likeness (QED) is 0.244. The molecule has 6 nitrogen and oxygen atoms in total. The number of halogens is 1. The van der Waals surface area contributed by atoms with Gasteiger partial charge in [0.15, 0.2) is 11.5 Å². The monoisotopic (exact) mass is 473 g/mol. The summed E-state index contributed by atoms with van der Waals surface area (Å²) in [5.41, 5.74) is 0.741. The van der Waals surface area contributed by atoms with Crippen LogP contribution >= 0.6 is 39.9 Å². The molecule has 1 aliphatic heterocycles. The molecule has 1 aromatic rings. The van der Waals surface area contributed by atoms with Crippen LogP contribution in [0.1, 0.15) is 25.3 Å². The van der Waals surface area contributed by atoms with Crippen LogP contribution in [0.25, 0.3) is 6.08 Å². The molecule has 0 saturated carbocycles. The molecule has 1 saturated heterocycles. The number of benzene rings is 1. The number of unbranched alkanes of at least 4 members (excludes halogenated alkanes) is 1. The van der Waals surface area contributed by atoms with Crippen molar-refractivity contribution in [3.63, 3.8) is 0 Å². The van der Waals surface area contributed by atoms with Gasteiger partial charge >= 0.3 is 5.97 Å². The first-order valence-corrected chi connectivity index (χ1v) is 10.3. The number of hydrogen-bond acceptors (Lipinski definition) is 7. The van der Waals surface area contributed by atoms with Crippen LogP contribution in [-0.2, 0) is 14.3 Å². The second-order valence-electron chi connectivity index (χ2n) is 5.58. The van der Waals surface area contributed by atoms with Crippen molar-refractivity contribution in [3.8, 4) is 11.5 Å². The minimum atomic E-state index is -0.463. The first-order chi connectivity index (χ1) is 12.9. The van der Waals surface area contributed by atoms with E-state index in [4.69, 9.17) is 26.4 Å². The van der Waals surface area contributed by atoms with Crippen molar-refractivity contribution in [3.05, 3.63) is 27.1 Å². The van der Waals surface area contributed by atoms with Gasteiger partial charge in [0.25, 0.3) is 5.91 Å². The van der Waals surface area contributed by atoms with Crippen LogP contribution in [0.15, 0.2) is 21.5 Å². The molecule has 9 heteroatoms. The Morgan fingerprint density at radius 2 is 2.07 bits per heavy atom. The highest BCUT2D eigenvalue weighted by Crippen LogP contribution is 2.38. The lowest BCUT2D eigenvalue weighted by Crippen LogP contribution is -2.34. The molecule has 1 heterocycles. The summed E-state index contributed by atoms with van der Waals surface area (Å²) in [6, 6.07) is 3.57. The Kier molecular flexibility index (Phi) is 8.12. The molecule has 1 aromatic carbocycles. The van der Waals surface area contributed by atoms with Gasteiger partial charge in [-0.2, -0.15) is 0 Å². The maximum Gasteiger partial charge on any atom is 0.326 e. The summed E-state index contributed by atoms with van der Waals surface area (Å²) in [6.07, 6.45) is 3.42. The van der Waals surface area contributed by atoms with Gasteiger partial charge in [-0.15, -0.1) is 0 Å². The van der Waals surface area contributed by atoms with Crippen molar-refractivity contribution >= 4 is 62.2 Å². The first-order valence-electron chi connectivity index (χ1n) is 8.23. The van der Waals surface area contributed by atoms with E-state index in [0.717, 1.165) is 30.2 Å². The molecular weight excluding hydrogens is 454 g/mol. The van der Waals surface area contributed by atoms with E-state index in [9.17, 15) is 9.59 Å². The lowest BCUT2D eigenvalue weighted by molar-refractivity contribution is -0.146. The number of ether oxygens (including phenoxy) is 3. The van der Waals surface area contributed by atoms with Crippen molar-refractivity contribution < 1.29 is 23.8 Å². The SMILES string of the molecule is CCCCOC(=O)CN1C(=O)/C(=C/c2cc(Br)c(OC)c(OC)c2)SC1=S. The van der Waals surface area contributed by atoms with Crippen LogP contribution in [0.5, 0.6) is 11.5 Å². The van der Waals surface area contributed by atoms with Crippen LogP contribution in [0.4, 0.5) is 0 Å². The molecule has 1 aliphatic rings. The minimum Gasteiger partial charge on any atom is -0.493 e. The number of thioether (sulfide) groups is 1. The molecule has 0 atom stereocenters. The second-order valence-corrected chi connectivity index (χ2v) is 8.11. The van der Waals surface area contributed by atoms with Crippen molar-refractivity contribution in [1.82, 2.24) is 4.90 Å². The Labute approximate surface area is 176 Å². The maximum atomic E-state index is 12.6. The highest BCUT2D eigenvalue weighted by molar-refractivity contribution is 9.10. The number of methoxy groups -OCH3 is 2. The molecular formula is C18H20BrNO5S2. The van der Waals surface area contributed by atoms with E-state index in [1.807, 2.05) is 13.0 Å². The molecule has 0 aromatic heterocycles. The first kappa shape index (κ1) is 21.7. The van der Waals surface area contributed by atoms with Crippen LogP contribution in [0.2, 0.25) is 0 Å². The van der Waals surface area contributed by atoms with Gasteiger partial charge in [-0.05, 0) is 46.1 Å². The van der Waals surface area contributed by atoms with Crippen LogP contribution < -0.4 is 9.47 Å².